The molecule has 3 atom stereocenters. The molecule has 0 radical (unpaired) electrons. The van der Waals surface area contributed by atoms with Crippen molar-refractivity contribution >= 4 is 10.9 Å². The second kappa shape index (κ2) is 4.75. The van der Waals surface area contributed by atoms with E-state index in [4.69, 9.17) is 0 Å². The lowest BCUT2D eigenvalue weighted by Gasteiger charge is -2.17. The van der Waals surface area contributed by atoms with Crippen LogP contribution in [-0.4, -0.2) is 16.0 Å². The Morgan fingerprint density at radius 3 is 2.52 bits per heavy atom. The van der Waals surface area contributed by atoms with Gasteiger partial charge in [-0.1, -0.05) is 26.0 Å². The normalized spacial score (nSPS) is 23.8. The third kappa shape index (κ3) is 2.54. The van der Waals surface area contributed by atoms with Crippen LogP contribution in [0.25, 0.3) is 10.9 Å². The lowest BCUT2D eigenvalue weighted by Crippen LogP contribution is -2.24. The van der Waals surface area contributed by atoms with Crippen LogP contribution in [-0.2, 0) is 0 Å². The molecule has 2 nitrogen and oxygen atoms in total. The maximum Gasteiger partial charge on any atom is 0.410 e. The molecule has 0 bridgehead atoms. The number of hydrogen-bond acceptors (Lipinski definition) is 1. The number of nitrogens with zero attached hydrogens (tertiary/aromatic N) is 2. The van der Waals surface area contributed by atoms with Crippen LogP contribution in [0.3, 0.4) is 0 Å². The first-order chi connectivity index (χ1) is 9.79. The molecule has 1 saturated carbocycles. The van der Waals surface area contributed by atoms with E-state index in [-0.39, 0.29) is 0 Å². The highest BCUT2D eigenvalue weighted by molar-refractivity contribution is 5.79. The minimum absolute atomic E-state index is 0.485. The van der Waals surface area contributed by atoms with Crippen LogP contribution in [0.2, 0.25) is 0 Å². The molecule has 1 heterocycles. The number of alkyl halides is 3. The molecule has 1 aliphatic rings. The molecule has 0 amide bonds. The summed E-state index contributed by atoms with van der Waals surface area (Å²) in [4.78, 5) is 0. The Morgan fingerprint density at radius 2 is 1.95 bits per heavy atom. The predicted molar refractivity (Wildman–Crippen MR) is 76.2 cm³/mol. The van der Waals surface area contributed by atoms with Gasteiger partial charge >= 0.3 is 6.18 Å². The van der Waals surface area contributed by atoms with Gasteiger partial charge in [0, 0.05) is 5.39 Å². The zero-order chi connectivity index (χ0) is 15.4. The molecule has 1 aliphatic carbocycles. The number of aromatic nitrogens is 2. The minimum atomic E-state index is -4.28. The fraction of sp³-hybridized carbons (Fsp3) is 0.562. The summed E-state index contributed by atoms with van der Waals surface area (Å²) < 4.78 is 39.8. The van der Waals surface area contributed by atoms with E-state index in [1.807, 2.05) is 18.2 Å². The van der Waals surface area contributed by atoms with Gasteiger partial charge in [-0.05, 0) is 42.7 Å². The Balaban J connectivity index is 1.97. The maximum atomic E-state index is 12.9. The quantitative estimate of drug-likeness (QED) is 0.786. The van der Waals surface area contributed by atoms with Gasteiger partial charge in [0.15, 0.2) is 0 Å². The van der Waals surface area contributed by atoms with Gasteiger partial charge in [-0.25, -0.2) is 0 Å². The molecule has 0 spiro atoms. The van der Waals surface area contributed by atoms with Gasteiger partial charge in [0.25, 0.3) is 0 Å². The van der Waals surface area contributed by atoms with Gasteiger partial charge in [0.05, 0.1) is 11.7 Å². The summed E-state index contributed by atoms with van der Waals surface area (Å²) >= 11 is 0. The third-order valence-corrected chi connectivity index (χ3v) is 4.59. The second-order valence-corrected chi connectivity index (χ2v) is 6.38. The van der Waals surface area contributed by atoms with Crippen molar-refractivity contribution in [3.8, 4) is 0 Å². The van der Waals surface area contributed by atoms with Crippen LogP contribution in [0, 0.1) is 11.8 Å². The second-order valence-electron chi connectivity index (χ2n) is 6.38. The minimum Gasteiger partial charge on any atom is -0.253 e. The zero-order valence-electron chi connectivity index (χ0n) is 12.4. The van der Waals surface area contributed by atoms with Crippen molar-refractivity contribution in [3.05, 3.63) is 30.0 Å². The first-order valence-corrected chi connectivity index (χ1v) is 7.33. The molecule has 114 valence electrons. The Labute approximate surface area is 121 Å². The van der Waals surface area contributed by atoms with Crippen molar-refractivity contribution < 1.29 is 13.2 Å². The summed E-state index contributed by atoms with van der Waals surface area (Å²) in [5, 5.41) is 4.69. The summed E-state index contributed by atoms with van der Waals surface area (Å²) in [5.41, 5.74) is 1.71. The number of hydrogen-bond donors (Lipinski definition) is 0. The lowest BCUT2D eigenvalue weighted by molar-refractivity contribution is -0.164. The van der Waals surface area contributed by atoms with Crippen molar-refractivity contribution in [2.45, 2.75) is 45.3 Å². The molecule has 21 heavy (non-hydrogen) atoms. The molecule has 1 unspecified atom stereocenters. The molecule has 1 aromatic carbocycles. The van der Waals surface area contributed by atoms with Crippen LogP contribution in [0.1, 0.15) is 44.7 Å². The summed E-state index contributed by atoms with van der Waals surface area (Å²) in [6.07, 6.45) is -1.64. The molecule has 0 aliphatic heterocycles. The Hall–Kier alpha value is -1.52. The van der Waals surface area contributed by atoms with Crippen LogP contribution in [0.4, 0.5) is 13.2 Å². The monoisotopic (exact) mass is 296 g/mol. The molecule has 0 N–H and O–H groups in total. The van der Waals surface area contributed by atoms with E-state index in [0.29, 0.717) is 23.3 Å². The topological polar surface area (TPSA) is 17.8 Å². The average Bonchev–Trinajstić information content (AvgIpc) is 3.10. The highest BCUT2D eigenvalue weighted by Crippen LogP contribution is 2.52. The van der Waals surface area contributed by atoms with E-state index in [2.05, 4.69) is 18.9 Å². The summed E-state index contributed by atoms with van der Waals surface area (Å²) in [6, 6.07) is 4.19. The van der Waals surface area contributed by atoms with Gasteiger partial charge in [-0.3, -0.25) is 4.68 Å². The molecule has 1 fully saturated rings. The van der Waals surface area contributed by atoms with Crippen LogP contribution in [0.5, 0.6) is 0 Å². The van der Waals surface area contributed by atoms with E-state index < -0.39 is 12.2 Å². The van der Waals surface area contributed by atoms with Gasteiger partial charge in [0.1, 0.15) is 6.04 Å². The molecule has 1 aromatic heterocycles. The summed E-state index contributed by atoms with van der Waals surface area (Å²) in [5.74, 6) is 1.75. The van der Waals surface area contributed by atoms with E-state index in [0.717, 1.165) is 29.0 Å². The maximum absolute atomic E-state index is 12.9. The zero-order valence-corrected chi connectivity index (χ0v) is 12.4. The van der Waals surface area contributed by atoms with Crippen molar-refractivity contribution in [1.29, 1.82) is 0 Å². The van der Waals surface area contributed by atoms with Crippen molar-refractivity contribution in [2.75, 3.05) is 0 Å². The lowest BCUT2D eigenvalue weighted by atomic mass is 10.0. The number of fused-ring (bicyclic) bond motifs is 1. The number of rotatable bonds is 3. The molecule has 0 saturated heterocycles. The number of halogens is 3. The van der Waals surface area contributed by atoms with Crippen LogP contribution in [0.15, 0.2) is 24.4 Å². The smallest absolute Gasteiger partial charge is 0.253 e. The Morgan fingerprint density at radius 1 is 1.24 bits per heavy atom. The summed E-state index contributed by atoms with van der Waals surface area (Å²) in [6.45, 7) is 5.53. The van der Waals surface area contributed by atoms with Gasteiger partial charge in [-0.2, -0.15) is 18.3 Å². The number of benzene rings is 1. The molecular weight excluding hydrogens is 277 g/mol. The highest BCUT2D eigenvalue weighted by Gasteiger charge is 2.41. The standard InChI is InChI=1S/C16H19F3N2/c1-9(2)13-7-14(13)11-4-5-12-8-20-21(15(12)6-11)10(3)16(17,18)19/h4-6,8-10,13-14H,7H2,1-3H3/t10?,13-,14-/m1/s1. The predicted octanol–water partition coefficient (Wildman–Crippen LogP) is 4.92. The molecular formula is C16H19F3N2. The van der Waals surface area contributed by atoms with Gasteiger partial charge < -0.3 is 0 Å². The average molecular weight is 296 g/mol. The van der Waals surface area contributed by atoms with Gasteiger partial charge in [-0.15, -0.1) is 0 Å². The Bertz CT molecular complexity index is 657. The highest BCUT2D eigenvalue weighted by atomic mass is 19.4. The van der Waals surface area contributed by atoms with E-state index in [1.165, 1.54) is 6.20 Å². The first-order valence-electron chi connectivity index (χ1n) is 7.33. The fourth-order valence-electron chi connectivity index (χ4n) is 3.07. The molecule has 5 heteroatoms. The van der Waals surface area contributed by atoms with Crippen molar-refractivity contribution in [3.63, 3.8) is 0 Å². The van der Waals surface area contributed by atoms with Crippen LogP contribution < -0.4 is 0 Å². The molecule has 3 rings (SSSR count). The third-order valence-electron chi connectivity index (χ3n) is 4.59. The van der Waals surface area contributed by atoms with Gasteiger partial charge in [0.2, 0.25) is 0 Å². The van der Waals surface area contributed by atoms with E-state index in [1.54, 1.807) is 0 Å². The van der Waals surface area contributed by atoms with E-state index in [9.17, 15) is 13.2 Å². The van der Waals surface area contributed by atoms with E-state index >= 15 is 0 Å². The first kappa shape index (κ1) is 14.4. The Kier molecular flexibility index (Phi) is 3.26. The fourth-order valence-corrected chi connectivity index (χ4v) is 3.07. The van der Waals surface area contributed by atoms with Crippen molar-refractivity contribution in [1.82, 2.24) is 9.78 Å². The summed E-state index contributed by atoms with van der Waals surface area (Å²) in [7, 11) is 0. The SMILES string of the molecule is CC(C)[C@H]1C[C@@H]1c1ccc2cnn(C(C)C(F)(F)F)c2c1. The van der Waals surface area contributed by atoms with Crippen LogP contribution >= 0.6 is 0 Å². The van der Waals surface area contributed by atoms with Crippen molar-refractivity contribution in [2.24, 2.45) is 11.8 Å². The largest absolute Gasteiger partial charge is 0.410 e. The molecule has 2 aromatic rings.